The van der Waals surface area contributed by atoms with E-state index in [1.807, 2.05) is 17.9 Å². The van der Waals surface area contributed by atoms with Crippen LogP contribution in [0.2, 0.25) is 0 Å². The van der Waals surface area contributed by atoms with E-state index in [1.54, 1.807) is 7.05 Å². The van der Waals surface area contributed by atoms with E-state index in [-0.39, 0.29) is 0 Å². The lowest BCUT2D eigenvalue weighted by atomic mass is 10.0. The first-order valence-electron chi connectivity index (χ1n) is 7.78. The van der Waals surface area contributed by atoms with Gasteiger partial charge in [0.05, 0.1) is 12.5 Å². The summed E-state index contributed by atoms with van der Waals surface area (Å²) < 4.78 is 26.3. The molecule has 0 bridgehead atoms. The fourth-order valence-electron chi connectivity index (χ4n) is 2.75. The van der Waals surface area contributed by atoms with Gasteiger partial charge in [0.15, 0.2) is 5.96 Å². The van der Waals surface area contributed by atoms with Crippen molar-refractivity contribution in [1.82, 2.24) is 24.7 Å². The molecule has 1 atom stereocenters. The molecule has 1 aliphatic heterocycles. The standard InChI is InChI=1S/C14H26N6O2S/c1-15-14(16-6-4-7-18-23(3,21)22)20-8-5-12(11-20)13-9-17-19(2)10-13/h9-10,12,18H,4-8,11H2,1-3H3,(H,15,16). The van der Waals surface area contributed by atoms with Crippen LogP contribution in [-0.4, -0.2) is 68.5 Å². The number of nitrogens with one attached hydrogen (secondary N) is 2. The first-order valence-corrected chi connectivity index (χ1v) is 9.67. The van der Waals surface area contributed by atoms with Crippen molar-refractivity contribution in [3.05, 3.63) is 18.0 Å². The van der Waals surface area contributed by atoms with Crippen LogP contribution in [0.3, 0.4) is 0 Å². The van der Waals surface area contributed by atoms with Crippen molar-refractivity contribution in [1.29, 1.82) is 0 Å². The highest BCUT2D eigenvalue weighted by Gasteiger charge is 2.26. The normalized spacial score (nSPS) is 19.3. The molecule has 2 heterocycles. The van der Waals surface area contributed by atoms with Gasteiger partial charge in [0.1, 0.15) is 0 Å². The van der Waals surface area contributed by atoms with E-state index in [0.717, 1.165) is 25.5 Å². The molecule has 1 aliphatic rings. The third-order valence-electron chi connectivity index (χ3n) is 3.90. The monoisotopic (exact) mass is 342 g/mol. The van der Waals surface area contributed by atoms with Gasteiger partial charge in [0, 0.05) is 52.4 Å². The van der Waals surface area contributed by atoms with Gasteiger partial charge in [-0.15, -0.1) is 0 Å². The highest BCUT2D eigenvalue weighted by Crippen LogP contribution is 2.26. The van der Waals surface area contributed by atoms with Gasteiger partial charge in [-0.2, -0.15) is 5.10 Å². The van der Waals surface area contributed by atoms with Gasteiger partial charge in [-0.1, -0.05) is 0 Å². The summed E-state index contributed by atoms with van der Waals surface area (Å²) in [5, 5.41) is 7.53. The lowest BCUT2D eigenvalue weighted by Crippen LogP contribution is -2.41. The number of aliphatic imine (C=N–C) groups is 1. The summed E-state index contributed by atoms with van der Waals surface area (Å²) in [6, 6.07) is 0. The van der Waals surface area contributed by atoms with Crippen molar-refractivity contribution in [2.75, 3.05) is 39.5 Å². The Bertz CT molecular complexity index is 639. The smallest absolute Gasteiger partial charge is 0.208 e. The number of hydrogen-bond donors (Lipinski definition) is 2. The number of guanidine groups is 1. The van der Waals surface area contributed by atoms with E-state index in [1.165, 1.54) is 11.8 Å². The Morgan fingerprint density at radius 3 is 2.87 bits per heavy atom. The zero-order valence-corrected chi connectivity index (χ0v) is 14.8. The van der Waals surface area contributed by atoms with Crippen LogP contribution in [0, 0.1) is 0 Å². The highest BCUT2D eigenvalue weighted by molar-refractivity contribution is 7.88. The lowest BCUT2D eigenvalue weighted by molar-refractivity contribution is 0.484. The largest absolute Gasteiger partial charge is 0.356 e. The third kappa shape index (κ3) is 5.51. The average Bonchev–Trinajstić information content (AvgIpc) is 3.10. The average molecular weight is 342 g/mol. The number of rotatable bonds is 6. The van der Waals surface area contributed by atoms with E-state index in [0.29, 0.717) is 25.4 Å². The second-order valence-electron chi connectivity index (χ2n) is 5.87. The van der Waals surface area contributed by atoms with Crippen LogP contribution in [0.5, 0.6) is 0 Å². The Balaban J connectivity index is 1.76. The summed E-state index contributed by atoms with van der Waals surface area (Å²) in [7, 11) is 0.596. The molecule has 1 unspecified atom stereocenters. The summed E-state index contributed by atoms with van der Waals surface area (Å²) in [6.45, 7) is 3.00. The predicted octanol–water partition coefficient (Wildman–Crippen LogP) is -0.276. The van der Waals surface area contributed by atoms with E-state index >= 15 is 0 Å². The predicted molar refractivity (Wildman–Crippen MR) is 91.0 cm³/mol. The van der Waals surface area contributed by atoms with Gasteiger partial charge in [0.25, 0.3) is 0 Å². The Hall–Kier alpha value is -1.61. The van der Waals surface area contributed by atoms with Crippen molar-refractivity contribution in [2.24, 2.45) is 12.0 Å². The van der Waals surface area contributed by atoms with Crippen molar-refractivity contribution in [3.8, 4) is 0 Å². The number of sulfonamides is 1. The van der Waals surface area contributed by atoms with Crippen molar-refractivity contribution in [3.63, 3.8) is 0 Å². The van der Waals surface area contributed by atoms with Gasteiger partial charge < -0.3 is 10.2 Å². The first kappa shape index (κ1) is 17.7. The fourth-order valence-corrected chi connectivity index (χ4v) is 3.27. The van der Waals surface area contributed by atoms with Gasteiger partial charge in [-0.3, -0.25) is 9.67 Å². The molecule has 0 aliphatic carbocycles. The van der Waals surface area contributed by atoms with E-state index < -0.39 is 10.0 Å². The quantitative estimate of drug-likeness (QED) is 0.422. The second-order valence-corrected chi connectivity index (χ2v) is 7.71. The Morgan fingerprint density at radius 1 is 1.48 bits per heavy atom. The van der Waals surface area contributed by atoms with Crippen molar-refractivity contribution < 1.29 is 8.42 Å². The molecule has 1 saturated heterocycles. The topological polar surface area (TPSA) is 91.6 Å². The van der Waals surface area contributed by atoms with Gasteiger partial charge in [0.2, 0.25) is 10.0 Å². The van der Waals surface area contributed by atoms with Gasteiger partial charge >= 0.3 is 0 Å². The summed E-state index contributed by atoms with van der Waals surface area (Å²) in [5.74, 6) is 1.35. The van der Waals surface area contributed by atoms with E-state index in [4.69, 9.17) is 0 Å². The Kier molecular flexibility index (Phi) is 6.00. The first-order chi connectivity index (χ1) is 10.9. The molecule has 0 aromatic carbocycles. The number of aromatic nitrogens is 2. The SMILES string of the molecule is CN=C(NCCCNS(C)(=O)=O)N1CCC(c2cnn(C)c2)C1. The molecular weight excluding hydrogens is 316 g/mol. The van der Waals surface area contributed by atoms with Crippen LogP contribution in [0.1, 0.15) is 24.3 Å². The molecule has 1 fully saturated rings. The summed E-state index contributed by atoms with van der Waals surface area (Å²) >= 11 is 0. The molecule has 2 N–H and O–H groups in total. The molecule has 0 spiro atoms. The molecule has 0 radical (unpaired) electrons. The van der Waals surface area contributed by atoms with Gasteiger partial charge in [-0.25, -0.2) is 13.1 Å². The number of aryl methyl sites for hydroxylation is 1. The third-order valence-corrected chi connectivity index (χ3v) is 4.63. The van der Waals surface area contributed by atoms with Crippen LogP contribution >= 0.6 is 0 Å². The minimum absolute atomic E-state index is 0.432. The molecule has 130 valence electrons. The molecule has 9 heteroatoms. The minimum atomic E-state index is -3.11. The van der Waals surface area contributed by atoms with Crippen molar-refractivity contribution >= 4 is 16.0 Å². The molecule has 2 rings (SSSR count). The van der Waals surface area contributed by atoms with Crippen LogP contribution in [0.4, 0.5) is 0 Å². The maximum absolute atomic E-state index is 11.0. The Labute approximate surface area is 138 Å². The maximum atomic E-state index is 11.0. The number of hydrogen-bond acceptors (Lipinski definition) is 4. The van der Waals surface area contributed by atoms with Crippen LogP contribution in [-0.2, 0) is 17.1 Å². The minimum Gasteiger partial charge on any atom is -0.356 e. The maximum Gasteiger partial charge on any atom is 0.208 e. The zero-order chi connectivity index (χ0) is 16.9. The molecule has 23 heavy (non-hydrogen) atoms. The molecule has 8 nitrogen and oxygen atoms in total. The van der Waals surface area contributed by atoms with Gasteiger partial charge in [-0.05, 0) is 18.4 Å². The summed E-state index contributed by atoms with van der Waals surface area (Å²) in [5.41, 5.74) is 1.27. The second kappa shape index (κ2) is 7.78. The zero-order valence-electron chi connectivity index (χ0n) is 14.0. The fraction of sp³-hybridized carbons (Fsp3) is 0.714. The summed E-state index contributed by atoms with van der Waals surface area (Å²) in [4.78, 5) is 6.56. The Morgan fingerprint density at radius 2 is 2.26 bits per heavy atom. The lowest BCUT2D eigenvalue weighted by Gasteiger charge is -2.21. The molecule has 0 saturated carbocycles. The molecular formula is C14H26N6O2S. The van der Waals surface area contributed by atoms with E-state index in [2.05, 4.69) is 31.2 Å². The van der Waals surface area contributed by atoms with Crippen LogP contribution in [0.25, 0.3) is 0 Å². The highest BCUT2D eigenvalue weighted by atomic mass is 32.2. The van der Waals surface area contributed by atoms with E-state index in [9.17, 15) is 8.42 Å². The number of likely N-dealkylation sites (tertiary alicyclic amines) is 1. The summed E-state index contributed by atoms with van der Waals surface area (Å²) in [6.07, 6.45) is 6.97. The van der Waals surface area contributed by atoms with Crippen LogP contribution < -0.4 is 10.0 Å². The molecule has 1 aromatic heterocycles. The van der Waals surface area contributed by atoms with Crippen molar-refractivity contribution in [2.45, 2.75) is 18.8 Å². The molecule has 1 aromatic rings. The molecule has 0 amide bonds. The van der Waals surface area contributed by atoms with Crippen LogP contribution in [0.15, 0.2) is 17.4 Å². The number of nitrogens with zero attached hydrogens (tertiary/aromatic N) is 4.